The Labute approximate surface area is 132 Å². The SMILES string of the molecule is CNCC1CCCN(S(=O)(=O)c2cc(OC)cc(OC)c2)C1. The maximum atomic E-state index is 12.9. The quantitative estimate of drug-likeness (QED) is 0.853. The van der Waals surface area contributed by atoms with Gasteiger partial charge in [0.2, 0.25) is 10.0 Å². The Hall–Kier alpha value is -1.31. The van der Waals surface area contributed by atoms with Crippen LogP contribution in [0.15, 0.2) is 23.1 Å². The summed E-state index contributed by atoms with van der Waals surface area (Å²) in [6, 6.07) is 4.75. The molecule has 1 aromatic carbocycles. The maximum Gasteiger partial charge on any atom is 0.243 e. The Morgan fingerprint density at radius 1 is 1.23 bits per heavy atom. The molecule has 7 heteroatoms. The predicted octanol–water partition coefficient (Wildman–Crippen LogP) is 1.32. The van der Waals surface area contributed by atoms with Crippen LogP contribution in [0.5, 0.6) is 11.5 Å². The highest BCUT2D eigenvalue weighted by Gasteiger charge is 2.30. The summed E-state index contributed by atoms with van der Waals surface area (Å²) in [4.78, 5) is 0.216. The lowest BCUT2D eigenvalue weighted by molar-refractivity contribution is 0.263. The van der Waals surface area contributed by atoms with Gasteiger partial charge >= 0.3 is 0 Å². The van der Waals surface area contributed by atoms with Crippen molar-refractivity contribution in [3.63, 3.8) is 0 Å². The lowest BCUT2D eigenvalue weighted by Crippen LogP contribution is -2.42. The number of nitrogens with one attached hydrogen (secondary N) is 1. The first kappa shape index (κ1) is 17.1. The molecule has 6 nitrogen and oxygen atoms in total. The molecule has 0 aromatic heterocycles. The molecule has 0 aliphatic carbocycles. The first-order valence-corrected chi connectivity index (χ1v) is 8.83. The second kappa shape index (κ2) is 7.30. The van der Waals surface area contributed by atoms with Gasteiger partial charge in [-0.25, -0.2) is 8.42 Å². The summed E-state index contributed by atoms with van der Waals surface area (Å²) in [7, 11) is 1.37. The Kier molecular flexibility index (Phi) is 5.66. The maximum absolute atomic E-state index is 12.9. The Bertz CT molecular complexity index is 579. The van der Waals surface area contributed by atoms with Gasteiger partial charge in [-0.3, -0.25) is 0 Å². The lowest BCUT2D eigenvalue weighted by atomic mass is 10.00. The molecule has 0 spiro atoms. The van der Waals surface area contributed by atoms with Crippen molar-refractivity contribution >= 4 is 10.0 Å². The fourth-order valence-electron chi connectivity index (χ4n) is 2.78. The number of nitrogens with zero attached hydrogens (tertiary/aromatic N) is 1. The number of piperidine rings is 1. The van der Waals surface area contributed by atoms with E-state index in [0.717, 1.165) is 19.4 Å². The molecule has 1 N–H and O–H groups in total. The van der Waals surface area contributed by atoms with Gasteiger partial charge in [-0.15, -0.1) is 0 Å². The van der Waals surface area contributed by atoms with Crippen molar-refractivity contribution in [3.05, 3.63) is 18.2 Å². The molecule has 22 heavy (non-hydrogen) atoms. The van der Waals surface area contributed by atoms with Gasteiger partial charge in [0, 0.05) is 31.3 Å². The number of methoxy groups -OCH3 is 2. The highest BCUT2D eigenvalue weighted by molar-refractivity contribution is 7.89. The molecule has 0 radical (unpaired) electrons. The van der Waals surface area contributed by atoms with Gasteiger partial charge < -0.3 is 14.8 Å². The number of rotatable bonds is 6. The van der Waals surface area contributed by atoms with Crippen molar-refractivity contribution in [1.82, 2.24) is 9.62 Å². The van der Waals surface area contributed by atoms with E-state index in [9.17, 15) is 8.42 Å². The Morgan fingerprint density at radius 3 is 2.41 bits per heavy atom. The molecule has 1 aliphatic heterocycles. The average Bonchev–Trinajstić information content (AvgIpc) is 2.54. The smallest absolute Gasteiger partial charge is 0.243 e. The van der Waals surface area contributed by atoms with E-state index in [1.54, 1.807) is 22.5 Å². The fraction of sp³-hybridized carbons (Fsp3) is 0.600. The van der Waals surface area contributed by atoms with Crippen molar-refractivity contribution in [1.29, 1.82) is 0 Å². The molecule has 0 saturated carbocycles. The molecule has 0 amide bonds. The highest BCUT2D eigenvalue weighted by Crippen LogP contribution is 2.29. The summed E-state index contributed by atoms with van der Waals surface area (Å²) in [5.41, 5.74) is 0. The van der Waals surface area contributed by atoms with Crippen LogP contribution in [0, 0.1) is 5.92 Å². The second-order valence-electron chi connectivity index (χ2n) is 5.48. The molecule has 1 unspecified atom stereocenters. The van der Waals surface area contributed by atoms with E-state index < -0.39 is 10.0 Å². The standard InChI is InChI=1S/C15H24N2O4S/c1-16-10-12-5-4-6-17(11-12)22(18,19)15-8-13(20-2)7-14(9-15)21-3/h7-9,12,16H,4-6,10-11H2,1-3H3. The minimum Gasteiger partial charge on any atom is -0.497 e. The van der Waals surface area contributed by atoms with Gasteiger partial charge in [0.15, 0.2) is 0 Å². The number of ether oxygens (including phenoxy) is 2. The van der Waals surface area contributed by atoms with E-state index in [1.165, 1.54) is 14.2 Å². The topological polar surface area (TPSA) is 67.9 Å². The van der Waals surface area contributed by atoms with E-state index in [4.69, 9.17) is 9.47 Å². The number of sulfonamides is 1. The zero-order valence-electron chi connectivity index (χ0n) is 13.3. The third-order valence-electron chi connectivity index (χ3n) is 3.94. The van der Waals surface area contributed by atoms with Crippen LogP contribution in [0.2, 0.25) is 0 Å². The van der Waals surface area contributed by atoms with Crippen LogP contribution in [0.1, 0.15) is 12.8 Å². The van der Waals surface area contributed by atoms with Crippen molar-refractivity contribution in [2.45, 2.75) is 17.7 Å². The van der Waals surface area contributed by atoms with Gasteiger partial charge in [0.05, 0.1) is 19.1 Å². The summed E-state index contributed by atoms with van der Waals surface area (Å²) in [5.74, 6) is 1.30. The molecular weight excluding hydrogens is 304 g/mol. The van der Waals surface area contributed by atoms with E-state index in [0.29, 0.717) is 30.5 Å². The van der Waals surface area contributed by atoms with Gasteiger partial charge in [-0.2, -0.15) is 4.31 Å². The van der Waals surface area contributed by atoms with Crippen LogP contribution in [-0.2, 0) is 10.0 Å². The molecule has 1 atom stereocenters. The van der Waals surface area contributed by atoms with Crippen molar-refractivity contribution < 1.29 is 17.9 Å². The molecular formula is C15H24N2O4S. The van der Waals surface area contributed by atoms with Crippen LogP contribution in [0.4, 0.5) is 0 Å². The molecule has 1 aromatic rings. The Balaban J connectivity index is 2.29. The fourth-order valence-corrected chi connectivity index (χ4v) is 4.38. The molecule has 1 fully saturated rings. The third-order valence-corrected chi connectivity index (χ3v) is 5.78. The van der Waals surface area contributed by atoms with Crippen LogP contribution < -0.4 is 14.8 Å². The number of hydrogen-bond acceptors (Lipinski definition) is 5. The number of benzene rings is 1. The lowest BCUT2D eigenvalue weighted by Gasteiger charge is -2.32. The van der Waals surface area contributed by atoms with Crippen molar-refractivity contribution in [2.75, 3.05) is 40.9 Å². The zero-order chi connectivity index (χ0) is 16.2. The van der Waals surface area contributed by atoms with Crippen LogP contribution in [0.25, 0.3) is 0 Å². The minimum atomic E-state index is -3.53. The van der Waals surface area contributed by atoms with E-state index in [1.807, 2.05) is 7.05 Å². The van der Waals surface area contributed by atoms with Gasteiger partial charge in [0.25, 0.3) is 0 Å². The van der Waals surface area contributed by atoms with Gasteiger partial charge in [0.1, 0.15) is 11.5 Å². The highest BCUT2D eigenvalue weighted by atomic mass is 32.2. The molecule has 1 aliphatic rings. The Morgan fingerprint density at radius 2 is 1.86 bits per heavy atom. The second-order valence-corrected chi connectivity index (χ2v) is 7.42. The minimum absolute atomic E-state index is 0.216. The van der Waals surface area contributed by atoms with Crippen molar-refractivity contribution in [3.8, 4) is 11.5 Å². The molecule has 124 valence electrons. The summed E-state index contributed by atoms with van der Waals surface area (Å²) < 4.78 is 37.6. The predicted molar refractivity (Wildman–Crippen MR) is 85.0 cm³/mol. The van der Waals surface area contributed by atoms with Crippen molar-refractivity contribution in [2.24, 2.45) is 5.92 Å². The zero-order valence-corrected chi connectivity index (χ0v) is 14.1. The third kappa shape index (κ3) is 3.71. The normalized spacial score (nSPS) is 19.9. The molecule has 0 bridgehead atoms. The largest absolute Gasteiger partial charge is 0.497 e. The number of hydrogen-bond donors (Lipinski definition) is 1. The van der Waals surface area contributed by atoms with Gasteiger partial charge in [-0.1, -0.05) is 0 Å². The van der Waals surface area contributed by atoms with Gasteiger partial charge in [-0.05, 0) is 32.4 Å². The first-order chi connectivity index (χ1) is 10.5. The van der Waals surface area contributed by atoms with E-state index in [2.05, 4.69) is 5.32 Å². The first-order valence-electron chi connectivity index (χ1n) is 7.39. The van der Waals surface area contributed by atoms with Crippen LogP contribution in [-0.4, -0.2) is 53.6 Å². The molecule has 2 rings (SSSR count). The summed E-state index contributed by atoms with van der Waals surface area (Å²) in [6.07, 6.45) is 1.93. The summed E-state index contributed by atoms with van der Waals surface area (Å²) in [6.45, 7) is 1.93. The van der Waals surface area contributed by atoms with Crippen LogP contribution >= 0.6 is 0 Å². The molecule has 1 saturated heterocycles. The van der Waals surface area contributed by atoms with E-state index in [-0.39, 0.29) is 4.90 Å². The summed E-state index contributed by atoms with van der Waals surface area (Å²) in [5, 5.41) is 3.12. The monoisotopic (exact) mass is 328 g/mol. The molecule has 1 heterocycles. The van der Waals surface area contributed by atoms with E-state index >= 15 is 0 Å². The summed E-state index contributed by atoms with van der Waals surface area (Å²) >= 11 is 0. The average molecular weight is 328 g/mol. The van der Waals surface area contributed by atoms with Crippen LogP contribution in [0.3, 0.4) is 0 Å².